The van der Waals surface area contributed by atoms with Crippen LogP contribution < -0.4 is 5.32 Å². The van der Waals surface area contributed by atoms with Gasteiger partial charge in [0.05, 0.1) is 12.3 Å². The van der Waals surface area contributed by atoms with Crippen LogP contribution in [0.2, 0.25) is 0 Å². The summed E-state index contributed by atoms with van der Waals surface area (Å²) >= 11 is 0. The van der Waals surface area contributed by atoms with E-state index in [2.05, 4.69) is 36.1 Å². The fourth-order valence-electron chi connectivity index (χ4n) is 2.20. The summed E-state index contributed by atoms with van der Waals surface area (Å²) in [5.41, 5.74) is 1.62. The molecule has 0 atom stereocenters. The normalized spacial score (nSPS) is 11.5. The van der Waals surface area contributed by atoms with E-state index in [1.54, 1.807) is 19.2 Å². The van der Waals surface area contributed by atoms with Gasteiger partial charge in [0.25, 0.3) is 0 Å². The molecule has 0 saturated carbocycles. The molecule has 0 spiro atoms. The van der Waals surface area contributed by atoms with Gasteiger partial charge >= 0.3 is 0 Å². The summed E-state index contributed by atoms with van der Waals surface area (Å²) in [5, 5.41) is 22.2. The van der Waals surface area contributed by atoms with Gasteiger partial charge in [-0.15, -0.1) is 0 Å². The average molecular weight is 331 g/mol. The molecule has 130 valence electrons. The van der Waals surface area contributed by atoms with Crippen LogP contribution in [0.3, 0.4) is 0 Å². The topological polar surface area (TPSA) is 87.5 Å². The van der Waals surface area contributed by atoms with E-state index in [1.165, 1.54) is 6.07 Å². The van der Waals surface area contributed by atoms with Gasteiger partial charge in [0.15, 0.2) is 11.5 Å². The van der Waals surface area contributed by atoms with Crippen molar-refractivity contribution in [3.05, 3.63) is 41.3 Å². The Bertz CT molecular complexity index is 696. The second-order valence-corrected chi connectivity index (χ2v) is 6.75. The second kappa shape index (κ2) is 7.49. The zero-order valence-corrected chi connectivity index (χ0v) is 14.6. The fraction of sp³-hybridized carbons (Fsp3) is 0.444. The zero-order chi connectivity index (χ0) is 17.7. The monoisotopic (exact) mass is 331 g/mol. The van der Waals surface area contributed by atoms with Gasteiger partial charge in [-0.3, -0.25) is 0 Å². The maximum atomic E-state index is 9.53. The molecule has 0 amide bonds. The summed E-state index contributed by atoms with van der Waals surface area (Å²) < 4.78 is 5.18. The summed E-state index contributed by atoms with van der Waals surface area (Å²) in [5.74, 6) is 1.31. The Morgan fingerprint density at radius 3 is 2.46 bits per heavy atom. The number of phenolic OH excluding ortho intramolecular Hbond substituents is 2. The van der Waals surface area contributed by atoms with Crippen LogP contribution in [0, 0.1) is 0 Å². The number of anilines is 1. The lowest BCUT2D eigenvalue weighted by molar-refractivity contribution is 0.181. The minimum Gasteiger partial charge on any atom is -0.504 e. The van der Waals surface area contributed by atoms with E-state index in [0.717, 1.165) is 22.9 Å². The number of aromatic nitrogens is 2. The third kappa shape index (κ3) is 4.83. The molecule has 0 bridgehead atoms. The largest absolute Gasteiger partial charge is 0.504 e. The molecule has 0 saturated heterocycles. The summed E-state index contributed by atoms with van der Waals surface area (Å²) in [7, 11) is 1.64. The minimum atomic E-state index is -0.150. The smallest absolute Gasteiger partial charge is 0.157 e. The summed E-state index contributed by atoms with van der Waals surface area (Å²) in [6.07, 6.45) is 0.697. The van der Waals surface area contributed by atoms with Gasteiger partial charge < -0.3 is 20.3 Å². The molecule has 2 aromatic rings. The lowest BCUT2D eigenvalue weighted by Crippen LogP contribution is -2.19. The Kier molecular flexibility index (Phi) is 5.62. The third-order valence-electron chi connectivity index (χ3n) is 3.50. The number of aromatic hydroxyl groups is 2. The minimum absolute atomic E-state index is 0.105. The summed E-state index contributed by atoms with van der Waals surface area (Å²) in [6, 6.07) is 6.72. The molecule has 0 aliphatic rings. The highest BCUT2D eigenvalue weighted by molar-refractivity contribution is 5.41. The van der Waals surface area contributed by atoms with E-state index in [0.29, 0.717) is 19.6 Å². The van der Waals surface area contributed by atoms with E-state index in [-0.39, 0.29) is 16.9 Å². The number of methoxy groups -OCH3 is 1. The predicted octanol–water partition coefficient (Wildman–Crippen LogP) is 2.99. The van der Waals surface area contributed by atoms with Crippen molar-refractivity contribution in [1.82, 2.24) is 9.97 Å². The van der Waals surface area contributed by atoms with Gasteiger partial charge in [0.1, 0.15) is 11.6 Å². The summed E-state index contributed by atoms with van der Waals surface area (Å²) in [4.78, 5) is 9.13. The first-order valence-electron chi connectivity index (χ1n) is 7.91. The van der Waals surface area contributed by atoms with Crippen molar-refractivity contribution < 1.29 is 14.9 Å². The Hall–Kier alpha value is -2.34. The molecule has 0 fully saturated rings. The molecular formula is C18H25N3O3. The third-order valence-corrected chi connectivity index (χ3v) is 3.50. The maximum absolute atomic E-state index is 9.53. The van der Waals surface area contributed by atoms with Crippen molar-refractivity contribution in [2.45, 2.75) is 39.2 Å². The van der Waals surface area contributed by atoms with Crippen molar-refractivity contribution in [3.8, 4) is 11.5 Å². The molecule has 1 heterocycles. The molecule has 0 aliphatic carbocycles. The SMILES string of the molecule is COCc1cc(NCCc2ccc(O)c(O)c2)nc(C(C)(C)C)n1. The maximum Gasteiger partial charge on any atom is 0.157 e. The number of nitrogens with zero attached hydrogens (tertiary/aromatic N) is 2. The fourth-order valence-corrected chi connectivity index (χ4v) is 2.20. The van der Waals surface area contributed by atoms with E-state index in [4.69, 9.17) is 4.74 Å². The molecular weight excluding hydrogens is 306 g/mol. The Morgan fingerprint density at radius 2 is 1.83 bits per heavy atom. The van der Waals surface area contributed by atoms with Gasteiger partial charge in [-0.05, 0) is 24.1 Å². The van der Waals surface area contributed by atoms with Crippen molar-refractivity contribution in [3.63, 3.8) is 0 Å². The molecule has 6 heteroatoms. The van der Waals surface area contributed by atoms with Gasteiger partial charge in [0, 0.05) is 25.1 Å². The van der Waals surface area contributed by atoms with Gasteiger partial charge in [-0.2, -0.15) is 0 Å². The second-order valence-electron chi connectivity index (χ2n) is 6.75. The van der Waals surface area contributed by atoms with E-state index in [1.807, 2.05) is 6.07 Å². The number of hydrogen-bond donors (Lipinski definition) is 3. The first-order chi connectivity index (χ1) is 11.3. The van der Waals surface area contributed by atoms with Crippen molar-refractivity contribution in [2.24, 2.45) is 0 Å². The van der Waals surface area contributed by atoms with Crippen LogP contribution in [0.15, 0.2) is 24.3 Å². The van der Waals surface area contributed by atoms with Crippen LogP contribution in [-0.4, -0.2) is 33.8 Å². The molecule has 3 N–H and O–H groups in total. The van der Waals surface area contributed by atoms with Crippen molar-refractivity contribution in [2.75, 3.05) is 19.0 Å². The Balaban J connectivity index is 2.08. The predicted molar refractivity (Wildman–Crippen MR) is 93.4 cm³/mol. The van der Waals surface area contributed by atoms with Crippen LogP contribution >= 0.6 is 0 Å². The number of rotatable bonds is 6. The Labute approximate surface area is 142 Å². The first-order valence-corrected chi connectivity index (χ1v) is 7.91. The number of benzene rings is 1. The lowest BCUT2D eigenvalue weighted by atomic mass is 9.95. The number of ether oxygens (including phenoxy) is 1. The van der Waals surface area contributed by atoms with Gasteiger partial charge in [0.2, 0.25) is 0 Å². The lowest BCUT2D eigenvalue weighted by Gasteiger charge is -2.19. The van der Waals surface area contributed by atoms with E-state index >= 15 is 0 Å². The van der Waals surface area contributed by atoms with Crippen LogP contribution in [-0.2, 0) is 23.2 Å². The molecule has 1 aromatic carbocycles. The van der Waals surface area contributed by atoms with Crippen molar-refractivity contribution >= 4 is 5.82 Å². The summed E-state index contributed by atoms with van der Waals surface area (Å²) in [6.45, 7) is 7.30. The molecule has 0 unspecified atom stereocenters. The van der Waals surface area contributed by atoms with Crippen LogP contribution in [0.25, 0.3) is 0 Å². The highest BCUT2D eigenvalue weighted by Gasteiger charge is 2.19. The Morgan fingerprint density at radius 1 is 1.08 bits per heavy atom. The quantitative estimate of drug-likeness (QED) is 0.705. The number of hydrogen-bond acceptors (Lipinski definition) is 6. The average Bonchev–Trinajstić information content (AvgIpc) is 2.50. The molecule has 0 aliphatic heterocycles. The molecule has 0 radical (unpaired) electrons. The highest BCUT2D eigenvalue weighted by atomic mass is 16.5. The van der Waals surface area contributed by atoms with Gasteiger partial charge in [-0.25, -0.2) is 9.97 Å². The number of nitrogens with one attached hydrogen (secondary N) is 1. The molecule has 2 rings (SSSR count). The van der Waals surface area contributed by atoms with Crippen LogP contribution in [0.4, 0.5) is 5.82 Å². The van der Waals surface area contributed by atoms with Crippen molar-refractivity contribution in [1.29, 1.82) is 0 Å². The van der Waals surface area contributed by atoms with E-state index in [9.17, 15) is 10.2 Å². The first kappa shape index (κ1) is 18.0. The standard InChI is InChI=1S/C18H25N3O3/c1-18(2,3)17-20-13(11-24-4)10-16(21-17)19-8-7-12-5-6-14(22)15(23)9-12/h5-6,9-10,22-23H,7-8,11H2,1-4H3,(H,19,20,21). The molecule has 24 heavy (non-hydrogen) atoms. The number of phenols is 2. The molecule has 1 aromatic heterocycles. The zero-order valence-electron chi connectivity index (χ0n) is 14.6. The van der Waals surface area contributed by atoms with Crippen LogP contribution in [0.1, 0.15) is 37.9 Å². The van der Waals surface area contributed by atoms with Crippen LogP contribution in [0.5, 0.6) is 11.5 Å². The highest BCUT2D eigenvalue weighted by Crippen LogP contribution is 2.25. The van der Waals surface area contributed by atoms with E-state index < -0.39 is 0 Å². The molecule has 6 nitrogen and oxygen atoms in total. The van der Waals surface area contributed by atoms with Gasteiger partial charge in [-0.1, -0.05) is 26.8 Å².